The van der Waals surface area contributed by atoms with Crippen molar-refractivity contribution in [3.8, 4) is 0 Å². The molecule has 0 saturated carbocycles. The third-order valence-electron chi connectivity index (χ3n) is 4.30. The SMILES string of the molecule is CC(CNC(=O)c1cc(N2CCNC2=O)ccc1F)c1ccccc1. The number of carbonyl (C=O) groups excluding carboxylic acids is 2. The van der Waals surface area contributed by atoms with Crippen LogP contribution in [-0.4, -0.2) is 31.6 Å². The Morgan fingerprint density at radius 3 is 2.72 bits per heavy atom. The third kappa shape index (κ3) is 3.79. The number of rotatable bonds is 5. The fourth-order valence-electron chi connectivity index (χ4n) is 2.81. The van der Waals surface area contributed by atoms with E-state index in [4.69, 9.17) is 0 Å². The number of nitrogens with one attached hydrogen (secondary N) is 2. The lowest BCUT2D eigenvalue weighted by Crippen LogP contribution is -2.30. The van der Waals surface area contributed by atoms with Crippen LogP contribution in [0.15, 0.2) is 48.5 Å². The highest BCUT2D eigenvalue weighted by atomic mass is 19.1. The molecular formula is C19H20FN3O2. The molecule has 1 saturated heterocycles. The molecule has 2 N–H and O–H groups in total. The van der Waals surface area contributed by atoms with E-state index in [1.165, 1.54) is 23.1 Å². The van der Waals surface area contributed by atoms with E-state index in [-0.39, 0.29) is 17.5 Å². The summed E-state index contributed by atoms with van der Waals surface area (Å²) in [5, 5.41) is 5.45. The van der Waals surface area contributed by atoms with Crippen LogP contribution in [0.4, 0.5) is 14.9 Å². The van der Waals surface area contributed by atoms with Crippen LogP contribution in [0, 0.1) is 5.82 Å². The maximum absolute atomic E-state index is 14.1. The van der Waals surface area contributed by atoms with Gasteiger partial charge in [-0.2, -0.15) is 0 Å². The summed E-state index contributed by atoms with van der Waals surface area (Å²) in [5.41, 5.74) is 1.56. The van der Waals surface area contributed by atoms with Gasteiger partial charge in [-0.05, 0) is 29.7 Å². The predicted octanol–water partition coefficient (Wildman–Crippen LogP) is 2.89. The lowest BCUT2D eigenvalue weighted by atomic mass is 10.0. The van der Waals surface area contributed by atoms with Crippen LogP contribution in [0.25, 0.3) is 0 Å². The summed E-state index contributed by atoms with van der Waals surface area (Å²) in [7, 11) is 0. The molecule has 2 aromatic rings. The Kier molecular flexibility index (Phi) is 4.97. The van der Waals surface area contributed by atoms with Crippen molar-refractivity contribution in [2.75, 3.05) is 24.5 Å². The normalized spacial score (nSPS) is 15.0. The lowest BCUT2D eigenvalue weighted by Gasteiger charge is -2.16. The zero-order valence-electron chi connectivity index (χ0n) is 14.0. The first kappa shape index (κ1) is 17.0. The number of amides is 3. The van der Waals surface area contributed by atoms with Crippen LogP contribution in [0.3, 0.4) is 0 Å². The van der Waals surface area contributed by atoms with E-state index in [9.17, 15) is 14.0 Å². The first-order valence-electron chi connectivity index (χ1n) is 8.24. The Morgan fingerprint density at radius 2 is 2.04 bits per heavy atom. The number of carbonyl (C=O) groups is 2. The number of nitrogens with zero attached hydrogens (tertiary/aromatic N) is 1. The van der Waals surface area contributed by atoms with Crippen molar-refractivity contribution in [1.82, 2.24) is 10.6 Å². The van der Waals surface area contributed by atoms with Crippen LogP contribution >= 0.6 is 0 Å². The predicted molar refractivity (Wildman–Crippen MR) is 94.3 cm³/mol. The molecule has 25 heavy (non-hydrogen) atoms. The van der Waals surface area contributed by atoms with Crippen LogP contribution in [-0.2, 0) is 0 Å². The second-order valence-electron chi connectivity index (χ2n) is 6.07. The Bertz CT molecular complexity index is 779. The van der Waals surface area contributed by atoms with Crippen molar-refractivity contribution in [2.24, 2.45) is 0 Å². The van der Waals surface area contributed by atoms with Gasteiger partial charge in [0.2, 0.25) is 0 Å². The molecule has 6 heteroatoms. The Balaban J connectivity index is 1.70. The fraction of sp³-hybridized carbons (Fsp3) is 0.263. The minimum atomic E-state index is -0.604. The second-order valence-corrected chi connectivity index (χ2v) is 6.07. The Hall–Kier alpha value is -2.89. The summed E-state index contributed by atoms with van der Waals surface area (Å²) in [4.78, 5) is 25.6. The molecule has 1 atom stereocenters. The highest BCUT2D eigenvalue weighted by Crippen LogP contribution is 2.21. The lowest BCUT2D eigenvalue weighted by molar-refractivity contribution is 0.0947. The van der Waals surface area contributed by atoms with Crippen molar-refractivity contribution in [3.63, 3.8) is 0 Å². The molecule has 0 bridgehead atoms. The van der Waals surface area contributed by atoms with Crippen molar-refractivity contribution >= 4 is 17.6 Å². The summed E-state index contributed by atoms with van der Waals surface area (Å²) in [5.74, 6) is -0.976. The largest absolute Gasteiger partial charge is 0.351 e. The monoisotopic (exact) mass is 341 g/mol. The third-order valence-corrected chi connectivity index (χ3v) is 4.30. The van der Waals surface area contributed by atoms with Crippen LogP contribution in [0.1, 0.15) is 28.8 Å². The smallest absolute Gasteiger partial charge is 0.321 e. The van der Waals surface area contributed by atoms with Gasteiger partial charge in [-0.3, -0.25) is 9.69 Å². The zero-order chi connectivity index (χ0) is 17.8. The number of hydrogen-bond acceptors (Lipinski definition) is 2. The van der Waals surface area contributed by atoms with E-state index < -0.39 is 11.7 Å². The molecule has 130 valence electrons. The molecule has 1 aliphatic rings. The summed E-state index contributed by atoms with van der Waals surface area (Å²) < 4.78 is 14.1. The van der Waals surface area contributed by atoms with Crippen molar-refractivity contribution in [1.29, 1.82) is 0 Å². The molecule has 0 spiro atoms. The molecule has 2 aromatic carbocycles. The van der Waals surface area contributed by atoms with Gasteiger partial charge in [0, 0.05) is 25.3 Å². The molecule has 1 aliphatic heterocycles. The minimum absolute atomic E-state index is 0.0579. The average Bonchev–Trinajstić information content (AvgIpc) is 3.06. The second kappa shape index (κ2) is 7.34. The molecule has 1 fully saturated rings. The van der Waals surface area contributed by atoms with Gasteiger partial charge in [0.25, 0.3) is 5.91 Å². The Morgan fingerprint density at radius 1 is 1.28 bits per heavy atom. The number of halogens is 1. The van der Waals surface area contributed by atoms with Crippen LogP contribution < -0.4 is 15.5 Å². The summed E-state index contributed by atoms with van der Waals surface area (Å²) in [6, 6.07) is 13.7. The molecule has 3 rings (SSSR count). The van der Waals surface area contributed by atoms with Gasteiger partial charge < -0.3 is 10.6 Å². The molecular weight excluding hydrogens is 321 g/mol. The van der Waals surface area contributed by atoms with E-state index in [1.54, 1.807) is 0 Å². The average molecular weight is 341 g/mol. The maximum atomic E-state index is 14.1. The minimum Gasteiger partial charge on any atom is -0.351 e. The number of hydrogen-bond donors (Lipinski definition) is 2. The van der Waals surface area contributed by atoms with Gasteiger partial charge >= 0.3 is 6.03 Å². The molecule has 0 aromatic heterocycles. The van der Waals surface area contributed by atoms with Crippen molar-refractivity contribution in [3.05, 3.63) is 65.5 Å². The topological polar surface area (TPSA) is 61.4 Å². The maximum Gasteiger partial charge on any atom is 0.321 e. The molecule has 0 radical (unpaired) electrons. The van der Waals surface area contributed by atoms with Gasteiger partial charge in [0.15, 0.2) is 0 Å². The van der Waals surface area contributed by atoms with E-state index in [2.05, 4.69) is 10.6 Å². The fourth-order valence-corrected chi connectivity index (χ4v) is 2.81. The van der Waals surface area contributed by atoms with Crippen molar-refractivity contribution in [2.45, 2.75) is 12.8 Å². The van der Waals surface area contributed by atoms with E-state index in [1.807, 2.05) is 37.3 Å². The number of urea groups is 1. The summed E-state index contributed by atoms with van der Waals surface area (Å²) in [6.07, 6.45) is 0. The standard InChI is InChI=1S/C19H20FN3O2/c1-13(14-5-3-2-4-6-14)12-22-18(24)16-11-15(7-8-17(16)20)23-10-9-21-19(23)25/h2-8,11,13H,9-10,12H2,1H3,(H,21,25)(H,22,24). The van der Waals surface area contributed by atoms with Crippen LogP contribution in [0.5, 0.6) is 0 Å². The van der Waals surface area contributed by atoms with E-state index in [0.717, 1.165) is 5.56 Å². The number of benzene rings is 2. The van der Waals surface area contributed by atoms with E-state index in [0.29, 0.717) is 25.3 Å². The first-order chi connectivity index (χ1) is 12.1. The number of anilines is 1. The quantitative estimate of drug-likeness (QED) is 0.878. The summed E-state index contributed by atoms with van der Waals surface area (Å²) >= 11 is 0. The first-order valence-corrected chi connectivity index (χ1v) is 8.24. The molecule has 0 aliphatic carbocycles. The van der Waals surface area contributed by atoms with Crippen LogP contribution in [0.2, 0.25) is 0 Å². The van der Waals surface area contributed by atoms with E-state index >= 15 is 0 Å². The molecule has 1 unspecified atom stereocenters. The Labute approximate surface area is 145 Å². The molecule has 5 nitrogen and oxygen atoms in total. The zero-order valence-corrected chi connectivity index (χ0v) is 14.0. The van der Waals surface area contributed by atoms with Gasteiger partial charge in [0.05, 0.1) is 5.56 Å². The molecule has 1 heterocycles. The summed E-state index contributed by atoms with van der Waals surface area (Å²) in [6.45, 7) is 3.43. The van der Waals surface area contributed by atoms with Gasteiger partial charge in [-0.15, -0.1) is 0 Å². The molecule has 3 amide bonds. The highest BCUT2D eigenvalue weighted by Gasteiger charge is 2.23. The highest BCUT2D eigenvalue weighted by molar-refractivity contribution is 5.98. The van der Waals surface area contributed by atoms with Gasteiger partial charge in [0.1, 0.15) is 5.82 Å². The van der Waals surface area contributed by atoms with Gasteiger partial charge in [-0.1, -0.05) is 37.3 Å². The van der Waals surface area contributed by atoms with Gasteiger partial charge in [-0.25, -0.2) is 9.18 Å². The van der Waals surface area contributed by atoms with Crippen molar-refractivity contribution < 1.29 is 14.0 Å².